The van der Waals surface area contributed by atoms with Gasteiger partial charge in [-0.3, -0.25) is 0 Å². The normalized spacial score (nSPS) is 15.5. The van der Waals surface area contributed by atoms with Gasteiger partial charge in [0.15, 0.2) is 0 Å². The van der Waals surface area contributed by atoms with Crippen molar-refractivity contribution in [2.45, 2.75) is 12.5 Å². The van der Waals surface area contributed by atoms with E-state index in [-0.39, 0.29) is 12.1 Å². The Bertz CT molecular complexity index is 1070. The fraction of sp³-hybridized carbons (Fsp3) is 0.190. The predicted octanol–water partition coefficient (Wildman–Crippen LogP) is 4.03. The molecule has 0 saturated carbocycles. The first-order valence-corrected chi connectivity index (χ1v) is 9.48. The highest BCUT2D eigenvalue weighted by Gasteiger charge is 2.34. The number of aromatic amines is 1. The molecule has 1 aromatic heterocycles. The lowest BCUT2D eigenvalue weighted by molar-refractivity contribution is 0.0600. The van der Waals surface area contributed by atoms with Crippen molar-refractivity contribution >= 4 is 29.3 Å². The zero-order valence-electron chi connectivity index (χ0n) is 15.7. The predicted molar refractivity (Wildman–Crippen MR) is 109 cm³/mol. The number of nitrogens with zero attached hydrogens (tertiary/aromatic N) is 2. The highest BCUT2D eigenvalue weighted by atomic mass is 35.5. The Balaban J connectivity index is 1.64. The lowest BCUT2D eigenvalue weighted by Gasteiger charge is -2.35. The van der Waals surface area contributed by atoms with Gasteiger partial charge >= 0.3 is 12.0 Å². The minimum atomic E-state index is -0.461. The van der Waals surface area contributed by atoms with Crippen LogP contribution in [0.3, 0.4) is 0 Å². The number of benzene rings is 2. The zero-order chi connectivity index (χ0) is 20.4. The quantitative estimate of drug-likeness (QED) is 0.638. The van der Waals surface area contributed by atoms with Gasteiger partial charge in [0.2, 0.25) is 0 Å². The Morgan fingerprint density at radius 3 is 2.86 bits per heavy atom. The zero-order valence-corrected chi connectivity index (χ0v) is 16.4. The van der Waals surface area contributed by atoms with E-state index >= 15 is 0 Å². The highest BCUT2D eigenvalue weighted by Crippen LogP contribution is 2.34. The topological polar surface area (TPSA) is 87.3 Å². The number of imidazole rings is 1. The van der Waals surface area contributed by atoms with E-state index in [2.05, 4.69) is 15.3 Å². The SMILES string of the molecule is COC(=O)c1cccc(NC(=O)N2CCc3[nH]cnc3[C@@H]2c2cccc(Cl)c2)c1. The molecule has 8 heteroatoms. The Morgan fingerprint density at radius 1 is 1.24 bits per heavy atom. The number of rotatable bonds is 3. The van der Waals surface area contributed by atoms with Crippen LogP contribution in [-0.2, 0) is 11.2 Å². The fourth-order valence-electron chi connectivity index (χ4n) is 3.55. The molecule has 1 atom stereocenters. The van der Waals surface area contributed by atoms with E-state index in [0.717, 1.165) is 17.0 Å². The van der Waals surface area contributed by atoms with Gasteiger partial charge in [-0.05, 0) is 35.9 Å². The van der Waals surface area contributed by atoms with Crippen molar-refractivity contribution in [2.24, 2.45) is 0 Å². The Labute approximate surface area is 172 Å². The van der Waals surface area contributed by atoms with Crippen LogP contribution < -0.4 is 5.32 Å². The van der Waals surface area contributed by atoms with Gasteiger partial charge in [-0.2, -0.15) is 0 Å². The maximum atomic E-state index is 13.1. The van der Waals surface area contributed by atoms with Crippen molar-refractivity contribution in [1.82, 2.24) is 14.9 Å². The van der Waals surface area contributed by atoms with Crippen LogP contribution in [0.2, 0.25) is 5.02 Å². The van der Waals surface area contributed by atoms with Crippen LogP contribution in [0, 0.1) is 0 Å². The average molecular weight is 411 g/mol. The number of hydrogen-bond acceptors (Lipinski definition) is 4. The molecule has 0 aliphatic carbocycles. The van der Waals surface area contributed by atoms with Gasteiger partial charge in [0.1, 0.15) is 6.04 Å². The summed E-state index contributed by atoms with van der Waals surface area (Å²) in [5.74, 6) is -0.461. The first-order valence-electron chi connectivity index (χ1n) is 9.10. The second kappa shape index (κ2) is 7.97. The van der Waals surface area contributed by atoms with Crippen LogP contribution in [0.25, 0.3) is 0 Å². The van der Waals surface area contributed by atoms with Crippen molar-refractivity contribution < 1.29 is 14.3 Å². The molecule has 0 spiro atoms. The molecule has 0 radical (unpaired) electrons. The van der Waals surface area contributed by atoms with Crippen molar-refractivity contribution in [3.8, 4) is 0 Å². The minimum absolute atomic E-state index is 0.286. The molecule has 29 heavy (non-hydrogen) atoms. The second-order valence-electron chi connectivity index (χ2n) is 6.67. The van der Waals surface area contributed by atoms with E-state index in [1.54, 1.807) is 41.6 Å². The smallest absolute Gasteiger partial charge is 0.337 e. The largest absolute Gasteiger partial charge is 0.465 e. The summed E-state index contributed by atoms with van der Waals surface area (Å²) in [4.78, 5) is 34.2. The molecule has 0 saturated heterocycles. The van der Waals surface area contributed by atoms with Crippen LogP contribution in [0.15, 0.2) is 54.9 Å². The Kier molecular flexibility index (Phi) is 5.22. The Morgan fingerprint density at radius 2 is 2.07 bits per heavy atom. The van der Waals surface area contributed by atoms with Crippen LogP contribution in [-0.4, -0.2) is 40.5 Å². The summed E-state index contributed by atoms with van der Waals surface area (Å²) < 4.78 is 4.74. The van der Waals surface area contributed by atoms with Gasteiger partial charge in [-0.25, -0.2) is 14.6 Å². The minimum Gasteiger partial charge on any atom is -0.465 e. The molecule has 0 unspecified atom stereocenters. The number of amides is 2. The number of H-pyrrole nitrogens is 1. The fourth-order valence-corrected chi connectivity index (χ4v) is 3.75. The molecule has 0 bridgehead atoms. The van der Waals surface area contributed by atoms with Crippen molar-refractivity contribution in [1.29, 1.82) is 0 Å². The third-order valence-electron chi connectivity index (χ3n) is 4.89. The van der Waals surface area contributed by atoms with E-state index in [0.29, 0.717) is 29.2 Å². The van der Waals surface area contributed by atoms with Gasteiger partial charge in [-0.1, -0.05) is 29.8 Å². The van der Waals surface area contributed by atoms with E-state index in [9.17, 15) is 9.59 Å². The number of esters is 1. The standard InChI is InChI=1S/C21H19ClN4O3/c1-29-20(27)14-5-3-7-16(11-14)25-21(28)26-9-8-17-18(24-12-23-17)19(26)13-4-2-6-15(22)10-13/h2-7,10-12,19H,8-9H2,1H3,(H,23,24)(H,25,28)/t19-/m0/s1. The number of anilines is 1. The van der Waals surface area contributed by atoms with Crippen molar-refractivity contribution in [2.75, 3.05) is 19.0 Å². The maximum absolute atomic E-state index is 13.1. The third-order valence-corrected chi connectivity index (χ3v) is 5.12. The molecule has 1 aliphatic heterocycles. The summed E-state index contributed by atoms with van der Waals surface area (Å²) in [5.41, 5.74) is 3.56. The molecule has 148 valence electrons. The number of hydrogen-bond donors (Lipinski definition) is 2. The van der Waals surface area contributed by atoms with Crippen LogP contribution in [0.4, 0.5) is 10.5 Å². The number of fused-ring (bicyclic) bond motifs is 1. The second-order valence-corrected chi connectivity index (χ2v) is 7.11. The number of nitrogens with one attached hydrogen (secondary N) is 2. The molecule has 2 heterocycles. The van der Waals surface area contributed by atoms with Gasteiger partial charge < -0.3 is 19.9 Å². The molecule has 2 aromatic carbocycles. The molecular weight excluding hydrogens is 392 g/mol. The molecular formula is C21H19ClN4O3. The van der Waals surface area contributed by atoms with Gasteiger partial charge in [0.05, 0.1) is 24.7 Å². The number of aromatic nitrogens is 2. The molecule has 0 fully saturated rings. The summed E-state index contributed by atoms with van der Waals surface area (Å²) in [6.07, 6.45) is 2.31. The molecule has 2 amide bonds. The summed E-state index contributed by atoms with van der Waals surface area (Å²) in [6.45, 7) is 0.509. The Hall–Kier alpha value is -3.32. The summed E-state index contributed by atoms with van der Waals surface area (Å²) >= 11 is 6.19. The van der Waals surface area contributed by atoms with Gasteiger partial charge in [-0.15, -0.1) is 0 Å². The molecule has 2 N–H and O–H groups in total. The molecule has 7 nitrogen and oxygen atoms in total. The van der Waals surface area contributed by atoms with Gasteiger partial charge in [0, 0.05) is 29.4 Å². The first kappa shape index (κ1) is 19.0. The van der Waals surface area contributed by atoms with E-state index in [1.807, 2.05) is 18.2 Å². The highest BCUT2D eigenvalue weighted by molar-refractivity contribution is 6.30. The number of carbonyl (C=O) groups is 2. The number of urea groups is 1. The lowest BCUT2D eigenvalue weighted by Crippen LogP contribution is -2.43. The van der Waals surface area contributed by atoms with Crippen LogP contribution in [0.5, 0.6) is 0 Å². The van der Waals surface area contributed by atoms with Crippen LogP contribution in [0.1, 0.15) is 33.4 Å². The van der Waals surface area contributed by atoms with Crippen LogP contribution >= 0.6 is 11.6 Å². The van der Waals surface area contributed by atoms with Gasteiger partial charge in [0.25, 0.3) is 0 Å². The van der Waals surface area contributed by atoms with E-state index < -0.39 is 5.97 Å². The average Bonchev–Trinajstić information content (AvgIpc) is 3.21. The summed E-state index contributed by atoms with van der Waals surface area (Å²) in [5, 5.41) is 3.47. The molecule has 1 aliphatic rings. The lowest BCUT2D eigenvalue weighted by atomic mass is 9.96. The summed E-state index contributed by atoms with van der Waals surface area (Å²) in [6, 6.07) is 13.4. The number of methoxy groups -OCH3 is 1. The monoisotopic (exact) mass is 410 g/mol. The third kappa shape index (κ3) is 3.82. The maximum Gasteiger partial charge on any atom is 0.337 e. The number of ether oxygens (including phenoxy) is 1. The molecule has 4 rings (SSSR count). The molecule has 3 aromatic rings. The van der Waals surface area contributed by atoms with Crippen molar-refractivity contribution in [3.63, 3.8) is 0 Å². The number of halogens is 1. The number of carbonyl (C=O) groups excluding carboxylic acids is 2. The van der Waals surface area contributed by atoms with Crippen molar-refractivity contribution in [3.05, 3.63) is 82.4 Å². The summed E-state index contributed by atoms with van der Waals surface area (Å²) in [7, 11) is 1.32. The first-order chi connectivity index (χ1) is 14.1. The van der Waals surface area contributed by atoms with E-state index in [1.165, 1.54) is 7.11 Å². The van der Waals surface area contributed by atoms with E-state index in [4.69, 9.17) is 16.3 Å².